The molecule has 0 saturated heterocycles. The highest BCUT2D eigenvalue weighted by Gasteiger charge is 2.45. The van der Waals surface area contributed by atoms with Gasteiger partial charge in [-0.3, -0.25) is 4.79 Å². The first-order valence-electron chi connectivity index (χ1n) is 9.24. The van der Waals surface area contributed by atoms with Crippen molar-refractivity contribution in [2.45, 2.75) is 45.1 Å². The number of hydrogen-bond donors (Lipinski definition) is 1. The Morgan fingerprint density at radius 1 is 1.32 bits per heavy atom. The average molecular weight is 438 g/mol. The molecule has 2 heterocycles. The number of hydrogen-bond acceptors (Lipinski definition) is 4. The van der Waals surface area contributed by atoms with Gasteiger partial charge in [-0.2, -0.15) is 10.4 Å². The molecule has 0 aliphatic heterocycles. The highest BCUT2D eigenvalue weighted by molar-refractivity contribution is 9.10. The van der Waals surface area contributed by atoms with E-state index in [0.29, 0.717) is 24.1 Å². The van der Waals surface area contributed by atoms with Crippen LogP contribution in [0, 0.1) is 25.2 Å². The van der Waals surface area contributed by atoms with Gasteiger partial charge in [0.05, 0.1) is 11.7 Å². The molecule has 1 N–H and O–H groups in total. The topological polar surface area (TPSA) is 83.1 Å². The van der Waals surface area contributed by atoms with E-state index < -0.39 is 0 Å². The van der Waals surface area contributed by atoms with Crippen molar-refractivity contribution in [2.24, 2.45) is 0 Å². The molecule has 142 valence electrons. The maximum Gasteiger partial charge on any atom is 0.221 e. The van der Waals surface area contributed by atoms with Gasteiger partial charge in [-0.25, -0.2) is 9.50 Å². The number of fused-ring (bicyclic) bond motifs is 1. The molecular weight excluding hydrogens is 418 g/mol. The lowest BCUT2D eigenvalue weighted by molar-refractivity contribution is -0.122. The number of carbonyl (C=O) groups excluding carboxylic acids is 1. The van der Waals surface area contributed by atoms with E-state index >= 15 is 0 Å². The van der Waals surface area contributed by atoms with Crippen LogP contribution in [0.15, 0.2) is 34.9 Å². The van der Waals surface area contributed by atoms with Gasteiger partial charge in [-0.15, -0.1) is 0 Å². The summed E-state index contributed by atoms with van der Waals surface area (Å²) in [5, 5.41) is 16.7. The zero-order chi connectivity index (χ0) is 19.9. The lowest BCUT2D eigenvalue weighted by Gasteiger charge is -2.18. The van der Waals surface area contributed by atoms with Crippen molar-refractivity contribution in [3.8, 4) is 6.07 Å². The lowest BCUT2D eigenvalue weighted by Crippen LogP contribution is -2.35. The van der Waals surface area contributed by atoms with Gasteiger partial charge in [0.25, 0.3) is 0 Å². The van der Waals surface area contributed by atoms with Crippen molar-refractivity contribution in [3.05, 3.63) is 63.0 Å². The molecule has 1 amide bonds. The van der Waals surface area contributed by atoms with Crippen molar-refractivity contribution in [2.75, 3.05) is 0 Å². The first-order chi connectivity index (χ1) is 13.4. The van der Waals surface area contributed by atoms with E-state index in [4.69, 9.17) is 0 Å². The highest BCUT2D eigenvalue weighted by atomic mass is 79.9. The molecule has 28 heavy (non-hydrogen) atoms. The van der Waals surface area contributed by atoms with Crippen molar-refractivity contribution in [1.29, 1.82) is 5.26 Å². The fraction of sp³-hybridized carbons (Fsp3) is 0.333. The molecule has 7 heteroatoms. The second kappa shape index (κ2) is 7.02. The molecule has 0 unspecified atom stereocenters. The summed E-state index contributed by atoms with van der Waals surface area (Å²) in [6, 6.07) is 10.3. The fourth-order valence-electron chi connectivity index (χ4n) is 3.70. The molecule has 1 fully saturated rings. The number of amides is 1. The van der Waals surface area contributed by atoms with Crippen LogP contribution in [0.25, 0.3) is 5.65 Å². The number of benzene rings is 1. The van der Waals surface area contributed by atoms with E-state index in [2.05, 4.69) is 49.5 Å². The Hall–Kier alpha value is -2.72. The van der Waals surface area contributed by atoms with E-state index in [1.807, 2.05) is 26.0 Å². The van der Waals surface area contributed by atoms with Gasteiger partial charge < -0.3 is 5.32 Å². The largest absolute Gasteiger partial charge is 0.347 e. The molecule has 0 spiro atoms. The zero-order valence-corrected chi connectivity index (χ0v) is 17.4. The van der Waals surface area contributed by atoms with Crippen LogP contribution in [0.5, 0.6) is 0 Å². The molecule has 2 aromatic heterocycles. The quantitative estimate of drug-likeness (QED) is 0.658. The number of halogens is 1. The predicted octanol–water partition coefficient (Wildman–Crippen LogP) is 3.72. The summed E-state index contributed by atoms with van der Waals surface area (Å²) < 4.78 is 2.72. The summed E-state index contributed by atoms with van der Waals surface area (Å²) in [5.41, 5.74) is 4.73. The summed E-state index contributed by atoms with van der Waals surface area (Å²) in [7, 11) is 0. The van der Waals surface area contributed by atoms with Crippen LogP contribution in [-0.2, 0) is 16.8 Å². The maximum absolute atomic E-state index is 12.6. The molecule has 4 rings (SSSR count). The second-order valence-corrected chi connectivity index (χ2v) is 8.22. The Morgan fingerprint density at radius 3 is 2.68 bits per heavy atom. The number of aryl methyl sites for hydroxylation is 2. The number of aromatic nitrogens is 3. The Bertz CT molecular complexity index is 1110. The smallest absolute Gasteiger partial charge is 0.221 e. The van der Waals surface area contributed by atoms with Gasteiger partial charge in [0.15, 0.2) is 5.65 Å². The molecule has 3 aromatic rings. The summed E-state index contributed by atoms with van der Waals surface area (Å²) in [4.78, 5) is 17.2. The number of nitrogens with zero attached hydrogens (tertiary/aromatic N) is 4. The molecule has 6 nitrogen and oxygen atoms in total. The number of rotatable bonds is 5. The zero-order valence-electron chi connectivity index (χ0n) is 15.8. The lowest BCUT2D eigenvalue weighted by atomic mass is 10.0. The molecule has 1 aliphatic carbocycles. The number of carbonyl (C=O) groups is 1. The summed E-state index contributed by atoms with van der Waals surface area (Å²) in [6.45, 7) is 3.87. The van der Waals surface area contributed by atoms with Gasteiger partial charge in [-0.05, 0) is 56.4 Å². The monoisotopic (exact) mass is 437 g/mol. The van der Waals surface area contributed by atoms with Crippen LogP contribution in [-0.4, -0.2) is 20.5 Å². The normalized spacial score (nSPS) is 14.6. The first kappa shape index (κ1) is 18.6. The van der Waals surface area contributed by atoms with E-state index in [-0.39, 0.29) is 11.4 Å². The van der Waals surface area contributed by atoms with Gasteiger partial charge >= 0.3 is 0 Å². The molecule has 0 radical (unpaired) electrons. The van der Waals surface area contributed by atoms with Crippen LogP contribution in [0.3, 0.4) is 0 Å². The van der Waals surface area contributed by atoms with Crippen LogP contribution in [0.2, 0.25) is 0 Å². The van der Waals surface area contributed by atoms with Crippen molar-refractivity contribution in [1.82, 2.24) is 19.9 Å². The van der Waals surface area contributed by atoms with E-state index in [0.717, 1.165) is 39.8 Å². The fourth-order valence-corrected chi connectivity index (χ4v) is 3.96. The molecule has 1 aromatic carbocycles. The number of nitrogens with one attached hydrogen (secondary N) is 1. The summed E-state index contributed by atoms with van der Waals surface area (Å²) in [5.74, 6) is 0.0393. The van der Waals surface area contributed by atoms with Crippen LogP contribution in [0.4, 0.5) is 0 Å². The maximum atomic E-state index is 12.6. The molecule has 0 atom stereocenters. The highest BCUT2D eigenvalue weighted by Crippen LogP contribution is 2.45. The van der Waals surface area contributed by atoms with Crippen molar-refractivity contribution < 1.29 is 4.79 Å². The third kappa shape index (κ3) is 3.29. The van der Waals surface area contributed by atoms with Crippen LogP contribution >= 0.6 is 15.9 Å². The van der Waals surface area contributed by atoms with Crippen LogP contribution in [0.1, 0.15) is 47.3 Å². The minimum Gasteiger partial charge on any atom is -0.347 e. The molecule has 0 bridgehead atoms. The minimum absolute atomic E-state index is 0.0393. The van der Waals surface area contributed by atoms with Gasteiger partial charge in [-0.1, -0.05) is 28.1 Å². The van der Waals surface area contributed by atoms with Crippen molar-refractivity contribution >= 4 is 27.5 Å². The summed E-state index contributed by atoms with van der Waals surface area (Å²) >= 11 is 3.45. The van der Waals surface area contributed by atoms with E-state index in [1.54, 1.807) is 4.52 Å². The van der Waals surface area contributed by atoms with E-state index in [1.165, 1.54) is 6.20 Å². The van der Waals surface area contributed by atoms with E-state index in [9.17, 15) is 10.1 Å². The molecule has 1 saturated carbocycles. The predicted molar refractivity (Wildman–Crippen MR) is 109 cm³/mol. The molecular formula is C21H20BrN5O. The second-order valence-electron chi connectivity index (χ2n) is 7.30. The Morgan fingerprint density at radius 2 is 2.04 bits per heavy atom. The van der Waals surface area contributed by atoms with Gasteiger partial charge in [0.2, 0.25) is 5.91 Å². The third-order valence-corrected chi connectivity index (χ3v) is 5.99. The SMILES string of the molecule is Cc1nc2c(C#N)cnn2c(C)c1CCC(=O)NC1(c2ccc(Br)cc2)CC1. The van der Waals surface area contributed by atoms with Gasteiger partial charge in [0.1, 0.15) is 11.6 Å². The Balaban J connectivity index is 1.48. The van der Waals surface area contributed by atoms with Gasteiger partial charge in [0, 0.05) is 22.3 Å². The third-order valence-electron chi connectivity index (χ3n) is 5.46. The first-order valence-corrected chi connectivity index (χ1v) is 10.0. The average Bonchev–Trinajstić information content (AvgIpc) is 3.32. The Kier molecular flexibility index (Phi) is 4.68. The minimum atomic E-state index is -0.215. The Labute approximate surface area is 171 Å². The molecule has 1 aliphatic rings. The van der Waals surface area contributed by atoms with Crippen LogP contribution < -0.4 is 5.32 Å². The number of nitriles is 1. The summed E-state index contributed by atoms with van der Waals surface area (Å²) in [6.07, 6.45) is 4.44. The standard InChI is InChI=1S/C21H20BrN5O/c1-13-18(14(2)27-20(25-13)15(11-23)12-24-27)7-8-19(28)26-21(9-10-21)16-3-5-17(22)6-4-16/h3-6,12H,7-10H2,1-2H3,(H,26,28). The van der Waals surface area contributed by atoms with Crippen molar-refractivity contribution in [3.63, 3.8) is 0 Å².